The van der Waals surface area contributed by atoms with E-state index in [0.29, 0.717) is 5.69 Å². The van der Waals surface area contributed by atoms with E-state index in [4.69, 9.17) is 0 Å². The Morgan fingerprint density at radius 2 is 2.14 bits per heavy atom. The summed E-state index contributed by atoms with van der Waals surface area (Å²) in [6, 6.07) is 9.60. The fraction of sp³-hybridized carbons (Fsp3) is 0.100. The second kappa shape index (κ2) is 3.43. The normalized spacial score (nSPS) is 10.4. The van der Waals surface area contributed by atoms with Crippen molar-refractivity contribution in [3.05, 3.63) is 36.0 Å². The zero-order valence-electron chi connectivity index (χ0n) is 7.73. The van der Waals surface area contributed by atoms with Gasteiger partial charge in [-0.3, -0.25) is 0 Å². The summed E-state index contributed by atoms with van der Waals surface area (Å²) in [6.45, 7) is 0. The predicted octanol–water partition coefficient (Wildman–Crippen LogP) is 2.07. The number of esters is 1. The number of carbonyl (C=O) groups excluding carboxylic acids is 1. The van der Waals surface area contributed by atoms with Gasteiger partial charge in [-0.05, 0) is 21.5 Å². The average Bonchev–Trinajstić information content (AvgIpc) is 2.56. The van der Waals surface area contributed by atoms with Crippen molar-refractivity contribution in [1.82, 2.24) is 4.34 Å². The van der Waals surface area contributed by atoms with Gasteiger partial charge in [0.25, 0.3) is 0 Å². The molecule has 3 nitrogen and oxygen atoms in total. The van der Waals surface area contributed by atoms with Crippen molar-refractivity contribution in [1.29, 1.82) is 0 Å². The van der Waals surface area contributed by atoms with Crippen LogP contribution in [0.2, 0.25) is 0 Å². The van der Waals surface area contributed by atoms with E-state index in [1.54, 1.807) is 4.34 Å². The standard InChI is InChI=1S/C10H10NO2P/c1-13-10(12)9-6-7-4-2-3-5-8(7)11(9)14/h2-6H,14H2,1H3. The Hall–Kier alpha value is -1.34. The number of rotatable bonds is 1. The number of aromatic nitrogens is 1. The summed E-state index contributed by atoms with van der Waals surface area (Å²) in [5.41, 5.74) is 1.54. The molecule has 72 valence electrons. The maximum absolute atomic E-state index is 11.3. The molecule has 0 saturated carbocycles. The summed E-state index contributed by atoms with van der Waals surface area (Å²) < 4.78 is 6.42. The van der Waals surface area contributed by atoms with E-state index in [0.717, 1.165) is 10.9 Å². The lowest BCUT2D eigenvalue weighted by atomic mass is 10.2. The Balaban J connectivity index is 2.68. The summed E-state index contributed by atoms with van der Waals surface area (Å²) in [5.74, 6) is -0.323. The minimum absolute atomic E-state index is 0.323. The Labute approximate surface area is 83.9 Å². The first-order chi connectivity index (χ1) is 6.74. The van der Waals surface area contributed by atoms with E-state index in [1.807, 2.05) is 30.3 Å². The van der Waals surface area contributed by atoms with Crippen molar-refractivity contribution in [3.63, 3.8) is 0 Å². The molecule has 1 heterocycles. The third kappa shape index (κ3) is 1.30. The molecule has 0 radical (unpaired) electrons. The van der Waals surface area contributed by atoms with Crippen LogP contribution in [-0.4, -0.2) is 17.4 Å². The van der Waals surface area contributed by atoms with Crippen LogP contribution < -0.4 is 0 Å². The Morgan fingerprint density at radius 1 is 1.43 bits per heavy atom. The van der Waals surface area contributed by atoms with Crippen LogP contribution in [0.3, 0.4) is 0 Å². The summed E-state index contributed by atoms with van der Waals surface area (Å²) in [6.07, 6.45) is 0. The van der Waals surface area contributed by atoms with Crippen molar-refractivity contribution in [2.24, 2.45) is 0 Å². The number of hydrogen-bond donors (Lipinski definition) is 0. The average molecular weight is 207 g/mol. The first-order valence-electron chi connectivity index (χ1n) is 4.18. The highest BCUT2D eigenvalue weighted by atomic mass is 31.0. The Morgan fingerprint density at radius 3 is 2.79 bits per heavy atom. The molecule has 0 saturated heterocycles. The lowest BCUT2D eigenvalue weighted by Gasteiger charge is -2.00. The molecular weight excluding hydrogens is 197 g/mol. The number of carbonyl (C=O) groups is 1. The van der Waals surface area contributed by atoms with Gasteiger partial charge in [-0.15, -0.1) is 0 Å². The minimum atomic E-state index is -0.323. The number of benzene rings is 1. The van der Waals surface area contributed by atoms with E-state index in [2.05, 4.69) is 14.1 Å². The molecule has 4 heteroatoms. The largest absolute Gasteiger partial charge is 0.464 e. The van der Waals surface area contributed by atoms with Gasteiger partial charge in [0.1, 0.15) is 5.69 Å². The Kier molecular flexibility index (Phi) is 2.26. The number of ether oxygens (including phenoxy) is 1. The van der Waals surface area contributed by atoms with Crippen LogP contribution in [0.4, 0.5) is 0 Å². The minimum Gasteiger partial charge on any atom is -0.464 e. The van der Waals surface area contributed by atoms with Gasteiger partial charge in [0.2, 0.25) is 0 Å². The molecule has 0 aliphatic carbocycles. The highest BCUT2D eigenvalue weighted by molar-refractivity contribution is 7.15. The second-order valence-corrected chi connectivity index (χ2v) is 3.47. The molecule has 0 N–H and O–H groups in total. The lowest BCUT2D eigenvalue weighted by molar-refractivity contribution is 0.0594. The summed E-state index contributed by atoms with van der Waals surface area (Å²) >= 11 is 0. The number of methoxy groups -OCH3 is 1. The summed E-state index contributed by atoms with van der Waals surface area (Å²) in [5, 5.41) is 1.03. The zero-order valence-corrected chi connectivity index (χ0v) is 8.88. The molecule has 1 atom stereocenters. The molecule has 0 amide bonds. The van der Waals surface area contributed by atoms with E-state index in [9.17, 15) is 4.79 Å². The molecular formula is C10H10NO2P. The molecule has 0 aliphatic rings. The predicted molar refractivity (Wildman–Crippen MR) is 58.4 cm³/mol. The van der Waals surface area contributed by atoms with Crippen LogP contribution in [0.5, 0.6) is 0 Å². The summed E-state index contributed by atoms with van der Waals surface area (Å²) in [7, 11) is 3.88. The second-order valence-electron chi connectivity index (χ2n) is 2.95. The van der Waals surface area contributed by atoms with Crippen molar-refractivity contribution < 1.29 is 9.53 Å². The fourth-order valence-electron chi connectivity index (χ4n) is 1.44. The van der Waals surface area contributed by atoms with Gasteiger partial charge >= 0.3 is 5.97 Å². The van der Waals surface area contributed by atoms with Crippen molar-refractivity contribution in [3.8, 4) is 0 Å². The monoisotopic (exact) mass is 207 g/mol. The maximum atomic E-state index is 11.3. The third-order valence-corrected chi connectivity index (χ3v) is 2.70. The van der Waals surface area contributed by atoms with Crippen LogP contribution in [0.15, 0.2) is 30.3 Å². The number of hydrogen-bond acceptors (Lipinski definition) is 2. The molecule has 1 aromatic heterocycles. The molecule has 1 aromatic carbocycles. The molecule has 0 bridgehead atoms. The van der Waals surface area contributed by atoms with Crippen molar-refractivity contribution in [2.45, 2.75) is 0 Å². The van der Waals surface area contributed by atoms with Crippen LogP contribution in [-0.2, 0) is 4.74 Å². The van der Waals surface area contributed by atoms with Gasteiger partial charge in [0.05, 0.1) is 12.6 Å². The highest BCUT2D eigenvalue weighted by Crippen LogP contribution is 2.22. The van der Waals surface area contributed by atoms with Crippen molar-refractivity contribution >= 4 is 26.3 Å². The molecule has 0 fully saturated rings. The van der Waals surface area contributed by atoms with Gasteiger partial charge in [0, 0.05) is 5.39 Å². The van der Waals surface area contributed by atoms with Crippen molar-refractivity contribution in [2.75, 3.05) is 7.11 Å². The quantitative estimate of drug-likeness (QED) is 0.529. The summed E-state index contributed by atoms with van der Waals surface area (Å²) in [4.78, 5) is 11.3. The van der Waals surface area contributed by atoms with Crippen LogP contribution >= 0.6 is 9.39 Å². The van der Waals surface area contributed by atoms with E-state index < -0.39 is 0 Å². The maximum Gasteiger partial charge on any atom is 0.354 e. The zero-order chi connectivity index (χ0) is 10.1. The molecule has 2 aromatic rings. The highest BCUT2D eigenvalue weighted by Gasteiger charge is 2.12. The number of para-hydroxylation sites is 1. The SMILES string of the molecule is COC(=O)c1cc2ccccc2n1P. The van der Waals surface area contributed by atoms with Crippen LogP contribution in [0.25, 0.3) is 10.9 Å². The fourth-order valence-corrected chi connectivity index (χ4v) is 1.85. The number of nitrogens with zero attached hydrogens (tertiary/aromatic N) is 1. The van der Waals surface area contributed by atoms with E-state index in [1.165, 1.54) is 7.11 Å². The number of fused-ring (bicyclic) bond motifs is 1. The van der Waals surface area contributed by atoms with Gasteiger partial charge in [0.15, 0.2) is 0 Å². The molecule has 0 aliphatic heterocycles. The van der Waals surface area contributed by atoms with Gasteiger partial charge in [-0.25, -0.2) is 4.79 Å². The first-order valence-corrected chi connectivity index (χ1v) is 4.69. The smallest absolute Gasteiger partial charge is 0.354 e. The molecule has 0 spiro atoms. The Bertz CT molecular complexity index is 490. The van der Waals surface area contributed by atoms with Gasteiger partial charge in [-0.1, -0.05) is 18.2 Å². The van der Waals surface area contributed by atoms with Gasteiger partial charge < -0.3 is 9.07 Å². The van der Waals surface area contributed by atoms with Crippen LogP contribution in [0.1, 0.15) is 10.5 Å². The third-order valence-electron chi connectivity index (χ3n) is 2.14. The topological polar surface area (TPSA) is 31.2 Å². The van der Waals surface area contributed by atoms with E-state index >= 15 is 0 Å². The lowest BCUT2D eigenvalue weighted by Crippen LogP contribution is -2.03. The van der Waals surface area contributed by atoms with E-state index in [-0.39, 0.29) is 5.97 Å². The molecule has 1 unspecified atom stereocenters. The van der Waals surface area contributed by atoms with Crippen LogP contribution in [0, 0.1) is 0 Å². The molecule has 14 heavy (non-hydrogen) atoms. The molecule has 2 rings (SSSR count). The van der Waals surface area contributed by atoms with Gasteiger partial charge in [-0.2, -0.15) is 0 Å². The first kappa shape index (κ1) is 9.22.